The van der Waals surface area contributed by atoms with E-state index in [9.17, 15) is 0 Å². The molecule has 0 amide bonds. The lowest BCUT2D eigenvalue weighted by Crippen LogP contribution is -2.10. The fraction of sp³-hybridized carbons (Fsp3) is 0. The van der Waals surface area contributed by atoms with E-state index >= 15 is 0 Å². The van der Waals surface area contributed by atoms with Crippen molar-refractivity contribution in [2.24, 2.45) is 0 Å². The van der Waals surface area contributed by atoms with Crippen molar-refractivity contribution in [1.29, 1.82) is 0 Å². The zero-order valence-corrected chi connectivity index (χ0v) is 27.4. The second-order valence-electron chi connectivity index (χ2n) is 12.9. The van der Waals surface area contributed by atoms with Crippen LogP contribution in [0.2, 0.25) is 0 Å². The van der Waals surface area contributed by atoms with Crippen LogP contribution in [0.3, 0.4) is 0 Å². The molecule has 0 unspecified atom stereocenters. The van der Waals surface area contributed by atoms with Gasteiger partial charge in [-0.15, -0.1) is 0 Å². The van der Waals surface area contributed by atoms with Crippen LogP contribution in [0.25, 0.3) is 70.9 Å². The van der Waals surface area contributed by atoms with Crippen LogP contribution in [-0.2, 0) is 0 Å². The molecule has 0 aliphatic heterocycles. The number of aromatic nitrogens is 1. The minimum absolute atomic E-state index is 1.12. The second kappa shape index (κ2) is 11.5. The van der Waals surface area contributed by atoms with Crippen molar-refractivity contribution in [2.75, 3.05) is 4.90 Å². The highest BCUT2D eigenvalue weighted by molar-refractivity contribution is 6.26. The summed E-state index contributed by atoms with van der Waals surface area (Å²) in [6.45, 7) is 0. The van der Waals surface area contributed by atoms with Crippen molar-refractivity contribution in [1.82, 2.24) is 4.57 Å². The molecule has 10 aromatic rings. The molecular weight excluding hydrogens is 605 g/mol. The smallest absolute Gasteiger partial charge is 0.0562 e. The Bertz CT molecular complexity index is 2810. The van der Waals surface area contributed by atoms with E-state index in [4.69, 9.17) is 0 Å². The molecule has 1 heterocycles. The number of hydrogen-bond donors (Lipinski definition) is 0. The van der Waals surface area contributed by atoms with E-state index in [-0.39, 0.29) is 0 Å². The Morgan fingerprint density at radius 3 is 1.52 bits per heavy atom. The van der Waals surface area contributed by atoms with Crippen LogP contribution in [0, 0.1) is 0 Å². The Balaban J connectivity index is 1.23. The molecule has 0 bridgehead atoms. The lowest BCUT2D eigenvalue weighted by molar-refractivity contribution is 1.18. The van der Waals surface area contributed by atoms with Gasteiger partial charge in [0.1, 0.15) is 0 Å². The normalized spacial score (nSPS) is 11.6. The predicted molar refractivity (Wildman–Crippen MR) is 213 cm³/mol. The van der Waals surface area contributed by atoms with E-state index in [0.29, 0.717) is 0 Å². The van der Waals surface area contributed by atoms with E-state index in [2.05, 4.69) is 204 Å². The van der Waals surface area contributed by atoms with Crippen LogP contribution in [0.4, 0.5) is 17.1 Å². The highest BCUT2D eigenvalue weighted by atomic mass is 15.1. The number of anilines is 3. The largest absolute Gasteiger partial charge is 0.310 e. The fourth-order valence-corrected chi connectivity index (χ4v) is 7.94. The van der Waals surface area contributed by atoms with Gasteiger partial charge in [-0.3, -0.25) is 0 Å². The van der Waals surface area contributed by atoms with Gasteiger partial charge in [0, 0.05) is 27.8 Å². The van der Waals surface area contributed by atoms with Crippen LogP contribution < -0.4 is 4.90 Å². The Labute approximate surface area is 290 Å². The molecule has 234 valence electrons. The molecule has 2 heteroatoms. The number of rotatable bonds is 5. The molecule has 0 atom stereocenters. The third kappa shape index (κ3) is 4.43. The van der Waals surface area contributed by atoms with Crippen LogP contribution in [-0.4, -0.2) is 4.57 Å². The summed E-state index contributed by atoms with van der Waals surface area (Å²) in [5.74, 6) is 0. The van der Waals surface area contributed by atoms with Crippen molar-refractivity contribution >= 4 is 71.2 Å². The lowest BCUT2D eigenvalue weighted by atomic mass is 9.94. The summed E-state index contributed by atoms with van der Waals surface area (Å²) in [7, 11) is 0. The zero-order chi connectivity index (χ0) is 33.0. The van der Waals surface area contributed by atoms with Crippen LogP contribution in [0.5, 0.6) is 0 Å². The van der Waals surface area contributed by atoms with Gasteiger partial charge in [-0.2, -0.15) is 0 Å². The minimum atomic E-state index is 1.12. The highest BCUT2D eigenvalue weighted by Crippen LogP contribution is 2.45. The maximum Gasteiger partial charge on any atom is 0.0562 e. The van der Waals surface area contributed by atoms with Gasteiger partial charge in [0.05, 0.1) is 16.7 Å². The number of hydrogen-bond acceptors (Lipinski definition) is 1. The molecule has 0 fully saturated rings. The first-order valence-electron chi connectivity index (χ1n) is 17.2. The molecule has 50 heavy (non-hydrogen) atoms. The maximum atomic E-state index is 2.43. The van der Waals surface area contributed by atoms with Crippen LogP contribution in [0.1, 0.15) is 0 Å². The van der Waals surface area contributed by atoms with E-state index in [1.807, 2.05) is 0 Å². The summed E-state index contributed by atoms with van der Waals surface area (Å²) in [5.41, 5.74) is 9.33. The Morgan fingerprint density at radius 2 is 0.840 bits per heavy atom. The highest BCUT2D eigenvalue weighted by Gasteiger charge is 2.21. The number of benzene rings is 9. The van der Waals surface area contributed by atoms with Crippen LogP contribution >= 0.6 is 0 Å². The summed E-state index contributed by atoms with van der Waals surface area (Å²) in [4.78, 5) is 2.43. The fourth-order valence-electron chi connectivity index (χ4n) is 7.94. The van der Waals surface area contributed by atoms with Gasteiger partial charge in [-0.25, -0.2) is 0 Å². The molecule has 10 rings (SSSR count). The van der Waals surface area contributed by atoms with E-state index in [0.717, 1.165) is 22.7 Å². The molecule has 0 N–H and O–H groups in total. The summed E-state index contributed by atoms with van der Waals surface area (Å²) in [5, 5.41) is 10.1. The minimum Gasteiger partial charge on any atom is -0.310 e. The first-order chi connectivity index (χ1) is 24.8. The Kier molecular flexibility index (Phi) is 6.53. The SMILES string of the molecule is c1ccc(-c2ccc(-n3c4ccccc4c4c(N(c5ccccc5)c5ccc6c7ccccc7c7ccccc7c6c5)cccc43)cc2)cc1. The van der Waals surface area contributed by atoms with Crippen molar-refractivity contribution in [3.05, 3.63) is 194 Å². The van der Waals surface area contributed by atoms with Gasteiger partial charge in [-0.1, -0.05) is 140 Å². The topological polar surface area (TPSA) is 8.17 Å². The average Bonchev–Trinajstić information content (AvgIpc) is 3.54. The molecule has 0 radical (unpaired) electrons. The van der Waals surface area contributed by atoms with Gasteiger partial charge in [0.2, 0.25) is 0 Å². The zero-order valence-electron chi connectivity index (χ0n) is 27.4. The van der Waals surface area contributed by atoms with Gasteiger partial charge in [0.25, 0.3) is 0 Å². The molecule has 0 aliphatic rings. The molecule has 2 nitrogen and oxygen atoms in total. The molecule has 0 aliphatic carbocycles. The Morgan fingerprint density at radius 1 is 0.320 bits per heavy atom. The molecule has 0 saturated heterocycles. The van der Waals surface area contributed by atoms with E-state index in [1.54, 1.807) is 0 Å². The quantitative estimate of drug-likeness (QED) is 0.171. The van der Waals surface area contributed by atoms with Gasteiger partial charge in [0.15, 0.2) is 0 Å². The van der Waals surface area contributed by atoms with E-state index < -0.39 is 0 Å². The molecule has 0 saturated carbocycles. The average molecular weight is 637 g/mol. The van der Waals surface area contributed by atoms with Crippen molar-refractivity contribution in [2.45, 2.75) is 0 Å². The van der Waals surface area contributed by atoms with Gasteiger partial charge >= 0.3 is 0 Å². The third-order valence-electron chi connectivity index (χ3n) is 10.1. The summed E-state index contributed by atoms with van der Waals surface area (Å²) in [6, 6.07) is 70.4. The summed E-state index contributed by atoms with van der Waals surface area (Å²) >= 11 is 0. The van der Waals surface area contributed by atoms with Crippen molar-refractivity contribution < 1.29 is 0 Å². The van der Waals surface area contributed by atoms with Crippen LogP contribution in [0.15, 0.2) is 194 Å². The first-order valence-corrected chi connectivity index (χ1v) is 17.2. The number of para-hydroxylation sites is 2. The third-order valence-corrected chi connectivity index (χ3v) is 10.1. The maximum absolute atomic E-state index is 2.43. The van der Waals surface area contributed by atoms with E-state index in [1.165, 1.54) is 65.3 Å². The predicted octanol–water partition coefficient (Wildman–Crippen LogP) is 13.4. The number of nitrogens with zero attached hydrogens (tertiary/aromatic N) is 2. The standard InChI is InChI=1S/C48H32N2/c1-3-14-33(15-4-1)34-26-28-36(29-27-34)50-45-23-12-11-22-43(45)48-46(24-13-25-47(48)50)49(35-16-5-2-6-17-35)37-30-31-42-40-20-8-7-18-38(40)39-19-9-10-21-41(39)44(42)32-37/h1-32H. The molecule has 1 aromatic heterocycles. The van der Waals surface area contributed by atoms with Crippen molar-refractivity contribution in [3.8, 4) is 16.8 Å². The monoisotopic (exact) mass is 636 g/mol. The van der Waals surface area contributed by atoms with Gasteiger partial charge < -0.3 is 9.47 Å². The van der Waals surface area contributed by atoms with Crippen molar-refractivity contribution in [3.63, 3.8) is 0 Å². The summed E-state index contributed by atoms with van der Waals surface area (Å²) in [6.07, 6.45) is 0. The lowest BCUT2D eigenvalue weighted by Gasteiger charge is -2.27. The van der Waals surface area contributed by atoms with Gasteiger partial charge in [-0.05, 0) is 98.0 Å². The Hall–Kier alpha value is -6.64. The molecule has 0 spiro atoms. The number of fused-ring (bicyclic) bond motifs is 9. The summed E-state index contributed by atoms with van der Waals surface area (Å²) < 4.78 is 2.41. The first kappa shape index (κ1) is 28.4. The molecular formula is C48H32N2. The second-order valence-corrected chi connectivity index (χ2v) is 12.9. The molecule has 9 aromatic carbocycles.